The summed E-state index contributed by atoms with van der Waals surface area (Å²) in [4.78, 5) is 21.6. The van der Waals surface area contributed by atoms with Crippen LogP contribution in [0.3, 0.4) is 0 Å². The molecule has 2 aromatic rings. The first-order valence-corrected chi connectivity index (χ1v) is 6.01. The summed E-state index contributed by atoms with van der Waals surface area (Å²) in [6, 6.07) is 6.74. The third-order valence-corrected chi connectivity index (χ3v) is 2.74. The van der Waals surface area contributed by atoms with Gasteiger partial charge in [-0.1, -0.05) is 17.7 Å². The van der Waals surface area contributed by atoms with Crippen LogP contribution in [-0.2, 0) is 6.54 Å². The van der Waals surface area contributed by atoms with Crippen molar-refractivity contribution >= 4 is 23.3 Å². The Labute approximate surface area is 116 Å². The highest BCUT2D eigenvalue weighted by Crippen LogP contribution is 2.14. The van der Waals surface area contributed by atoms with Gasteiger partial charge in [-0.15, -0.1) is 0 Å². The molecule has 2 N–H and O–H groups in total. The van der Waals surface area contributed by atoms with Gasteiger partial charge in [0, 0.05) is 31.5 Å². The number of anilines is 1. The molecule has 0 unspecified atom stereocenters. The number of aromatic nitrogens is 2. The second kappa shape index (κ2) is 5.67. The van der Waals surface area contributed by atoms with E-state index < -0.39 is 0 Å². The average Bonchev–Trinajstić information content (AvgIpc) is 2.37. The second-order valence-electron chi connectivity index (χ2n) is 4.13. The molecule has 0 fully saturated rings. The van der Waals surface area contributed by atoms with E-state index in [4.69, 9.17) is 17.3 Å². The number of hydrogen-bond donors (Lipinski definition) is 1. The third-order valence-electron chi connectivity index (χ3n) is 2.55. The number of halogens is 1. The number of rotatable bonds is 3. The van der Waals surface area contributed by atoms with Crippen LogP contribution in [0.4, 0.5) is 5.82 Å². The largest absolute Gasteiger partial charge is 0.384 e. The lowest BCUT2D eigenvalue weighted by atomic mass is 10.2. The van der Waals surface area contributed by atoms with Crippen LogP contribution in [0.5, 0.6) is 0 Å². The number of hydrogen-bond acceptors (Lipinski definition) is 4. The molecule has 0 aliphatic carbocycles. The van der Waals surface area contributed by atoms with Crippen molar-refractivity contribution in [2.45, 2.75) is 6.54 Å². The zero-order valence-electron chi connectivity index (χ0n) is 10.4. The molecule has 19 heavy (non-hydrogen) atoms. The molecular formula is C13H13ClN4O. The first-order chi connectivity index (χ1) is 9.06. The van der Waals surface area contributed by atoms with Crippen molar-refractivity contribution in [2.24, 2.45) is 0 Å². The van der Waals surface area contributed by atoms with Gasteiger partial charge in [-0.05, 0) is 23.8 Å². The summed E-state index contributed by atoms with van der Waals surface area (Å²) >= 11 is 5.79. The van der Waals surface area contributed by atoms with Crippen LogP contribution in [0, 0.1) is 0 Å². The number of nitrogens with two attached hydrogens (primary N) is 1. The molecule has 0 atom stereocenters. The molecule has 2 aromatic heterocycles. The van der Waals surface area contributed by atoms with E-state index in [0.29, 0.717) is 12.1 Å². The molecular weight excluding hydrogens is 264 g/mol. The van der Waals surface area contributed by atoms with Crippen molar-refractivity contribution in [3.8, 4) is 0 Å². The normalized spacial score (nSPS) is 10.2. The predicted molar refractivity (Wildman–Crippen MR) is 73.7 cm³/mol. The summed E-state index contributed by atoms with van der Waals surface area (Å²) in [6.07, 6.45) is 3.41. The fourth-order valence-corrected chi connectivity index (χ4v) is 1.91. The molecule has 0 aromatic carbocycles. The molecule has 0 spiro atoms. The van der Waals surface area contributed by atoms with Gasteiger partial charge < -0.3 is 10.6 Å². The summed E-state index contributed by atoms with van der Waals surface area (Å²) in [6.45, 7) is 0.465. The van der Waals surface area contributed by atoms with Crippen LogP contribution >= 0.6 is 11.6 Å². The van der Waals surface area contributed by atoms with E-state index in [2.05, 4.69) is 9.97 Å². The molecule has 98 valence electrons. The van der Waals surface area contributed by atoms with Crippen LogP contribution in [0.25, 0.3) is 0 Å². The van der Waals surface area contributed by atoms with Crippen LogP contribution < -0.4 is 5.73 Å². The Hall–Kier alpha value is -2.14. The van der Waals surface area contributed by atoms with Gasteiger partial charge in [0.05, 0.1) is 0 Å². The molecule has 2 rings (SSSR count). The molecule has 0 bridgehead atoms. The maximum absolute atomic E-state index is 12.2. The summed E-state index contributed by atoms with van der Waals surface area (Å²) in [5, 5.41) is 0.207. The minimum absolute atomic E-state index is 0.167. The maximum Gasteiger partial charge on any atom is 0.254 e. The van der Waals surface area contributed by atoms with Crippen molar-refractivity contribution < 1.29 is 4.79 Å². The lowest BCUT2D eigenvalue weighted by Gasteiger charge is -2.17. The highest BCUT2D eigenvalue weighted by molar-refractivity contribution is 6.29. The van der Waals surface area contributed by atoms with E-state index in [-0.39, 0.29) is 16.9 Å². The fourth-order valence-electron chi connectivity index (χ4n) is 1.70. The fraction of sp³-hybridized carbons (Fsp3) is 0.154. The van der Waals surface area contributed by atoms with E-state index in [9.17, 15) is 4.79 Å². The number of pyridine rings is 2. The predicted octanol–water partition coefficient (Wildman–Crippen LogP) is 1.98. The molecule has 0 saturated heterocycles. The molecule has 2 heterocycles. The Kier molecular flexibility index (Phi) is 3.97. The van der Waals surface area contributed by atoms with E-state index in [0.717, 1.165) is 5.56 Å². The Morgan fingerprint density at radius 1 is 1.47 bits per heavy atom. The van der Waals surface area contributed by atoms with E-state index in [1.165, 1.54) is 12.1 Å². The number of carbonyl (C=O) groups excluding carboxylic acids is 1. The zero-order valence-corrected chi connectivity index (χ0v) is 11.1. The molecule has 0 saturated carbocycles. The molecule has 0 aliphatic rings. The van der Waals surface area contributed by atoms with Gasteiger partial charge in [0.15, 0.2) is 0 Å². The maximum atomic E-state index is 12.2. The van der Waals surface area contributed by atoms with Gasteiger partial charge in [0.2, 0.25) is 0 Å². The third kappa shape index (κ3) is 3.42. The molecule has 1 amide bonds. The lowest BCUT2D eigenvalue weighted by Crippen LogP contribution is -2.26. The Balaban J connectivity index is 2.15. The first-order valence-electron chi connectivity index (χ1n) is 5.63. The van der Waals surface area contributed by atoms with Gasteiger partial charge >= 0.3 is 0 Å². The van der Waals surface area contributed by atoms with Crippen LogP contribution in [-0.4, -0.2) is 27.8 Å². The minimum Gasteiger partial charge on any atom is -0.384 e. The molecule has 0 radical (unpaired) electrons. The highest BCUT2D eigenvalue weighted by Gasteiger charge is 2.13. The SMILES string of the molecule is CN(Cc1cccnc1)C(=O)c1cc(N)nc(Cl)c1. The number of amides is 1. The van der Waals surface area contributed by atoms with E-state index >= 15 is 0 Å². The molecule has 0 aliphatic heterocycles. The van der Waals surface area contributed by atoms with Gasteiger partial charge in [0.1, 0.15) is 11.0 Å². The lowest BCUT2D eigenvalue weighted by molar-refractivity contribution is 0.0785. The first kappa shape index (κ1) is 13.3. The smallest absolute Gasteiger partial charge is 0.254 e. The van der Waals surface area contributed by atoms with E-state index in [1.807, 2.05) is 12.1 Å². The Bertz CT molecular complexity index is 568. The van der Waals surface area contributed by atoms with Crippen molar-refractivity contribution in [3.63, 3.8) is 0 Å². The summed E-state index contributed by atoms with van der Waals surface area (Å²) in [5.74, 6) is 0.0606. The number of nitrogen functional groups attached to an aromatic ring is 1. The van der Waals surface area contributed by atoms with Crippen molar-refractivity contribution in [1.29, 1.82) is 0 Å². The topological polar surface area (TPSA) is 72.1 Å². The van der Waals surface area contributed by atoms with Crippen molar-refractivity contribution in [3.05, 3.63) is 52.9 Å². The van der Waals surface area contributed by atoms with Gasteiger partial charge in [-0.3, -0.25) is 9.78 Å². The second-order valence-corrected chi connectivity index (χ2v) is 4.51. The number of carbonyl (C=O) groups is 1. The average molecular weight is 277 g/mol. The van der Waals surface area contributed by atoms with Crippen LogP contribution in [0.15, 0.2) is 36.7 Å². The standard InChI is InChI=1S/C13H13ClN4O/c1-18(8-9-3-2-4-16-7-9)13(19)10-5-11(14)17-12(15)6-10/h2-7H,8H2,1H3,(H2,15,17). The van der Waals surface area contributed by atoms with E-state index in [1.54, 1.807) is 24.3 Å². The Morgan fingerprint density at radius 3 is 2.89 bits per heavy atom. The summed E-state index contributed by atoms with van der Waals surface area (Å²) in [7, 11) is 1.71. The number of nitrogens with zero attached hydrogens (tertiary/aromatic N) is 3. The van der Waals surface area contributed by atoms with Gasteiger partial charge in [-0.2, -0.15) is 0 Å². The van der Waals surface area contributed by atoms with Crippen molar-refractivity contribution in [2.75, 3.05) is 12.8 Å². The monoisotopic (exact) mass is 276 g/mol. The summed E-state index contributed by atoms with van der Waals surface area (Å²) < 4.78 is 0. The van der Waals surface area contributed by atoms with Crippen LogP contribution in [0.2, 0.25) is 5.15 Å². The van der Waals surface area contributed by atoms with Crippen molar-refractivity contribution in [1.82, 2.24) is 14.9 Å². The summed E-state index contributed by atoms with van der Waals surface area (Å²) in [5.41, 5.74) is 6.94. The quantitative estimate of drug-likeness (QED) is 0.870. The van der Waals surface area contributed by atoms with Crippen LogP contribution in [0.1, 0.15) is 15.9 Å². The zero-order chi connectivity index (χ0) is 13.8. The molecule has 5 nitrogen and oxygen atoms in total. The van der Waals surface area contributed by atoms with Gasteiger partial charge in [0.25, 0.3) is 5.91 Å². The van der Waals surface area contributed by atoms with Gasteiger partial charge in [-0.25, -0.2) is 4.98 Å². The minimum atomic E-state index is -0.167. The Morgan fingerprint density at radius 2 is 2.26 bits per heavy atom. The molecule has 6 heteroatoms. The highest BCUT2D eigenvalue weighted by atomic mass is 35.5.